The van der Waals surface area contributed by atoms with Crippen molar-refractivity contribution >= 4 is 6.03 Å². The minimum absolute atomic E-state index is 0.166. The Bertz CT molecular complexity index is 429. The highest BCUT2D eigenvalue weighted by Gasteiger charge is 2.46. The molecule has 5 nitrogen and oxygen atoms in total. The van der Waals surface area contributed by atoms with E-state index in [1.165, 1.54) is 4.90 Å². The quantitative estimate of drug-likeness (QED) is 0.842. The van der Waals surface area contributed by atoms with Crippen LogP contribution in [0.25, 0.3) is 0 Å². The molecule has 2 rings (SSSR count). The van der Waals surface area contributed by atoms with Crippen molar-refractivity contribution in [2.45, 2.75) is 58.0 Å². The maximum absolute atomic E-state index is 13.2. The van der Waals surface area contributed by atoms with E-state index in [2.05, 4.69) is 5.32 Å². The first-order valence-corrected chi connectivity index (χ1v) is 7.91. The number of hydrogen-bond donors (Lipinski definition) is 1. The van der Waals surface area contributed by atoms with E-state index < -0.39 is 29.5 Å². The van der Waals surface area contributed by atoms with Crippen LogP contribution in [0.2, 0.25) is 0 Å². The van der Waals surface area contributed by atoms with Crippen LogP contribution in [0.15, 0.2) is 0 Å². The number of nitrogens with zero attached hydrogens (tertiary/aromatic N) is 1. The van der Waals surface area contributed by atoms with Gasteiger partial charge in [-0.3, -0.25) is 0 Å². The normalized spacial score (nSPS) is 23.1. The molecular weight excluding hydrogens is 313 g/mol. The Morgan fingerprint density at radius 2 is 1.87 bits per heavy atom. The number of hydrogen-bond acceptors (Lipinski definition) is 3. The summed E-state index contributed by atoms with van der Waals surface area (Å²) in [5.74, 6) is -0.840. The molecule has 0 aromatic rings. The Morgan fingerprint density at radius 1 is 1.26 bits per heavy atom. The van der Waals surface area contributed by atoms with Crippen molar-refractivity contribution in [3.05, 3.63) is 0 Å². The summed E-state index contributed by atoms with van der Waals surface area (Å²) < 4.78 is 50.7. The number of ether oxygens (including phenoxy) is 2. The molecular formula is C15H25F3N2O3. The van der Waals surface area contributed by atoms with E-state index in [1.807, 2.05) is 0 Å². The molecule has 0 unspecified atom stereocenters. The van der Waals surface area contributed by atoms with Gasteiger partial charge in [0.05, 0.1) is 19.8 Å². The molecule has 0 aromatic carbocycles. The number of carbonyl (C=O) groups excluding carboxylic acids is 1. The monoisotopic (exact) mass is 338 g/mol. The predicted octanol–water partition coefficient (Wildman–Crippen LogP) is 2.90. The Balaban J connectivity index is 2.00. The number of alkyl halides is 3. The third kappa shape index (κ3) is 4.97. The Hall–Kier alpha value is -1.02. The van der Waals surface area contributed by atoms with E-state index >= 15 is 0 Å². The van der Waals surface area contributed by atoms with Crippen LogP contribution in [-0.4, -0.2) is 55.2 Å². The molecule has 2 aliphatic rings. The van der Waals surface area contributed by atoms with Gasteiger partial charge in [-0.25, -0.2) is 4.79 Å². The van der Waals surface area contributed by atoms with Crippen molar-refractivity contribution in [2.75, 3.05) is 26.3 Å². The van der Waals surface area contributed by atoms with Crippen molar-refractivity contribution in [2.24, 2.45) is 5.41 Å². The second-order valence-electron chi connectivity index (χ2n) is 7.44. The van der Waals surface area contributed by atoms with E-state index in [0.717, 1.165) is 0 Å². The molecule has 2 amide bonds. The van der Waals surface area contributed by atoms with Gasteiger partial charge in [-0.15, -0.1) is 0 Å². The lowest BCUT2D eigenvalue weighted by Gasteiger charge is -2.39. The molecule has 2 fully saturated rings. The van der Waals surface area contributed by atoms with Crippen molar-refractivity contribution in [3.8, 4) is 0 Å². The van der Waals surface area contributed by atoms with E-state index in [4.69, 9.17) is 9.47 Å². The van der Waals surface area contributed by atoms with Crippen molar-refractivity contribution in [1.29, 1.82) is 0 Å². The standard InChI is InChI=1S/C15H25F3N2O3/c1-13(2,3)9-11(15(16,17)18)19-12(21)20-6-4-5-14(10-20)22-7-8-23-14/h11H,4-10H2,1-3H3,(H,19,21)/t11-/m0/s1. The molecule has 1 N–H and O–H groups in total. The third-order valence-electron chi connectivity index (χ3n) is 4.03. The molecule has 0 radical (unpaired) electrons. The minimum atomic E-state index is -4.48. The summed E-state index contributed by atoms with van der Waals surface area (Å²) in [5.41, 5.74) is -0.547. The minimum Gasteiger partial charge on any atom is -0.346 e. The number of rotatable bonds is 2. The van der Waals surface area contributed by atoms with Crippen LogP contribution in [0, 0.1) is 5.41 Å². The molecule has 134 valence electrons. The molecule has 2 saturated heterocycles. The zero-order valence-corrected chi connectivity index (χ0v) is 13.8. The summed E-state index contributed by atoms with van der Waals surface area (Å²) in [4.78, 5) is 13.6. The smallest absolute Gasteiger partial charge is 0.346 e. The SMILES string of the molecule is CC(C)(C)C[C@H](NC(=O)N1CCCC2(C1)OCCO2)C(F)(F)F. The van der Waals surface area contributed by atoms with Gasteiger partial charge in [-0.05, 0) is 18.3 Å². The zero-order chi connectivity index (χ0) is 17.3. The lowest BCUT2D eigenvalue weighted by Crippen LogP contribution is -2.57. The molecule has 2 heterocycles. The Labute approximate surface area is 134 Å². The summed E-state index contributed by atoms with van der Waals surface area (Å²) in [6.45, 7) is 6.62. The van der Waals surface area contributed by atoms with E-state index in [1.54, 1.807) is 20.8 Å². The first kappa shape index (κ1) is 18.3. The van der Waals surface area contributed by atoms with Gasteiger partial charge in [0.1, 0.15) is 6.04 Å². The Kier molecular flexibility index (Phi) is 5.15. The summed E-state index contributed by atoms with van der Waals surface area (Å²) in [7, 11) is 0. The van der Waals surface area contributed by atoms with Crippen LogP contribution in [0.1, 0.15) is 40.0 Å². The number of carbonyl (C=O) groups is 1. The summed E-state index contributed by atoms with van der Waals surface area (Å²) >= 11 is 0. The molecule has 8 heteroatoms. The fourth-order valence-corrected chi connectivity index (χ4v) is 3.00. The number of urea groups is 1. The second kappa shape index (κ2) is 6.47. The van der Waals surface area contributed by atoms with Gasteiger partial charge in [-0.2, -0.15) is 13.2 Å². The average molecular weight is 338 g/mol. The predicted molar refractivity (Wildman–Crippen MR) is 77.9 cm³/mol. The third-order valence-corrected chi connectivity index (χ3v) is 4.03. The van der Waals surface area contributed by atoms with Gasteiger partial charge < -0.3 is 19.7 Å². The topological polar surface area (TPSA) is 50.8 Å². The number of piperidine rings is 1. The largest absolute Gasteiger partial charge is 0.408 e. The molecule has 1 spiro atoms. The molecule has 0 aromatic heterocycles. The highest BCUT2D eigenvalue weighted by atomic mass is 19.4. The van der Waals surface area contributed by atoms with Crippen LogP contribution in [-0.2, 0) is 9.47 Å². The second-order valence-corrected chi connectivity index (χ2v) is 7.44. The summed E-state index contributed by atoms with van der Waals surface area (Å²) in [5, 5.41) is 2.14. The van der Waals surface area contributed by atoms with E-state index in [-0.39, 0.29) is 13.0 Å². The highest BCUT2D eigenvalue weighted by molar-refractivity contribution is 5.74. The Morgan fingerprint density at radius 3 is 2.39 bits per heavy atom. The summed E-state index contributed by atoms with van der Waals surface area (Å²) in [6, 6.07) is -2.58. The van der Waals surface area contributed by atoms with Gasteiger partial charge >= 0.3 is 12.2 Å². The van der Waals surface area contributed by atoms with Gasteiger partial charge in [-0.1, -0.05) is 20.8 Å². The summed E-state index contributed by atoms with van der Waals surface area (Å²) in [6.07, 6.45) is -3.35. The van der Waals surface area contributed by atoms with E-state index in [0.29, 0.717) is 32.6 Å². The molecule has 23 heavy (non-hydrogen) atoms. The van der Waals surface area contributed by atoms with Gasteiger partial charge in [0.25, 0.3) is 0 Å². The molecule has 0 aliphatic carbocycles. The molecule has 0 bridgehead atoms. The van der Waals surface area contributed by atoms with Gasteiger partial charge in [0.15, 0.2) is 5.79 Å². The first-order chi connectivity index (χ1) is 10.5. The van der Waals surface area contributed by atoms with Crippen LogP contribution >= 0.6 is 0 Å². The van der Waals surface area contributed by atoms with Crippen molar-refractivity contribution < 1.29 is 27.4 Å². The molecule has 2 aliphatic heterocycles. The maximum atomic E-state index is 13.2. The lowest BCUT2D eigenvalue weighted by molar-refractivity contribution is -0.184. The zero-order valence-electron chi connectivity index (χ0n) is 13.8. The van der Waals surface area contributed by atoms with Crippen LogP contribution in [0.3, 0.4) is 0 Å². The van der Waals surface area contributed by atoms with Crippen LogP contribution < -0.4 is 5.32 Å². The van der Waals surface area contributed by atoms with E-state index in [9.17, 15) is 18.0 Å². The number of nitrogens with one attached hydrogen (secondary N) is 1. The molecule has 0 saturated carbocycles. The first-order valence-electron chi connectivity index (χ1n) is 7.91. The van der Waals surface area contributed by atoms with Crippen molar-refractivity contribution in [3.63, 3.8) is 0 Å². The maximum Gasteiger partial charge on any atom is 0.408 e. The van der Waals surface area contributed by atoms with Crippen LogP contribution in [0.5, 0.6) is 0 Å². The lowest BCUT2D eigenvalue weighted by atomic mass is 9.88. The van der Waals surface area contributed by atoms with Crippen molar-refractivity contribution in [1.82, 2.24) is 10.2 Å². The van der Waals surface area contributed by atoms with Crippen LogP contribution in [0.4, 0.5) is 18.0 Å². The fraction of sp³-hybridized carbons (Fsp3) is 0.933. The average Bonchev–Trinajstić information content (AvgIpc) is 2.83. The number of likely N-dealkylation sites (tertiary alicyclic amines) is 1. The highest BCUT2D eigenvalue weighted by Crippen LogP contribution is 2.32. The molecule has 1 atom stereocenters. The van der Waals surface area contributed by atoms with Gasteiger partial charge in [0.2, 0.25) is 0 Å². The van der Waals surface area contributed by atoms with Gasteiger partial charge in [0, 0.05) is 13.0 Å². The number of halogens is 3. The number of amides is 2. The fourth-order valence-electron chi connectivity index (χ4n) is 3.00.